The first-order valence-electron chi connectivity index (χ1n) is 11.3. The molecule has 4 aliphatic rings. The van der Waals surface area contributed by atoms with Crippen LogP contribution in [0.25, 0.3) is 20.2 Å². The van der Waals surface area contributed by atoms with Gasteiger partial charge < -0.3 is 0 Å². The molecular formula is C26H22O4S2Si2. The third-order valence-corrected chi connectivity index (χ3v) is 19.4. The molecule has 0 atom stereocenters. The highest BCUT2D eigenvalue weighted by atomic mass is 32.2. The van der Waals surface area contributed by atoms with Crippen LogP contribution in [-0.2, 0) is 19.7 Å². The van der Waals surface area contributed by atoms with Crippen molar-refractivity contribution in [1.29, 1.82) is 0 Å². The highest BCUT2D eigenvalue weighted by Crippen LogP contribution is 2.57. The number of hydrogen-bond donors (Lipinski definition) is 0. The lowest BCUT2D eigenvalue weighted by Gasteiger charge is -2.24. The van der Waals surface area contributed by atoms with Crippen molar-refractivity contribution in [3.05, 3.63) is 82.9 Å². The van der Waals surface area contributed by atoms with Gasteiger partial charge in [-0.2, -0.15) is 0 Å². The Bertz CT molecular complexity index is 1690. The van der Waals surface area contributed by atoms with Gasteiger partial charge in [-0.15, -0.1) is 0 Å². The van der Waals surface area contributed by atoms with Crippen LogP contribution < -0.4 is 10.4 Å². The van der Waals surface area contributed by atoms with Crippen LogP contribution in [0.5, 0.6) is 0 Å². The molecule has 4 heterocycles. The van der Waals surface area contributed by atoms with Crippen LogP contribution in [0.4, 0.5) is 0 Å². The van der Waals surface area contributed by atoms with Crippen LogP contribution in [-0.4, -0.2) is 33.0 Å². The van der Waals surface area contributed by atoms with Gasteiger partial charge in [0.2, 0.25) is 19.7 Å². The Labute approximate surface area is 201 Å². The van der Waals surface area contributed by atoms with E-state index in [1.54, 1.807) is 12.1 Å². The van der Waals surface area contributed by atoms with Crippen molar-refractivity contribution in [2.75, 3.05) is 0 Å². The van der Waals surface area contributed by atoms with Gasteiger partial charge in [-0.05, 0) is 55.2 Å². The van der Waals surface area contributed by atoms with E-state index in [-0.39, 0.29) is 9.79 Å². The van der Waals surface area contributed by atoms with Crippen LogP contribution in [0.3, 0.4) is 0 Å². The Hall–Kier alpha value is -2.53. The van der Waals surface area contributed by atoms with Crippen LogP contribution in [0.15, 0.2) is 70.5 Å². The second-order valence-electron chi connectivity index (χ2n) is 10.6. The first-order chi connectivity index (χ1) is 15.9. The first-order valence-corrected chi connectivity index (χ1v) is 20.3. The molecular weight excluding hydrogens is 497 g/mol. The lowest BCUT2D eigenvalue weighted by molar-refractivity contribution is 0.603. The highest BCUT2D eigenvalue weighted by Gasteiger charge is 2.54. The summed E-state index contributed by atoms with van der Waals surface area (Å²) in [5.41, 5.74) is 2.77. The summed E-state index contributed by atoms with van der Waals surface area (Å²) in [5, 5.41) is 3.90. The predicted molar refractivity (Wildman–Crippen MR) is 142 cm³/mol. The monoisotopic (exact) mass is 518 g/mol. The molecule has 0 radical (unpaired) electrons. The third-order valence-electron chi connectivity index (χ3n) is 8.13. The van der Waals surface area contributed by atoms with Crippen molar-refractivity contribution in [1.82, 2.24) is 0 Å². The normalized spacial score (nSPS) is 22.7. The average molecular weight is 519 g/mol. The van der Waals surface area contributed by atoms with E-state index >= 15 is 0 Å². The van der Waals surface area contributed by atoms with E-state index in [1.165, 1.54) is 0 Å². The quantitative estimate of drug-likeness (QED) is 0.423. The Balaban J connectivity index is 1.56. The summed E-state index contributed by atoms with van der Waals surface area (Å²) in [5.74, 6) is 0. The maximum absolute atomic E-state index is 14.0. The van der Waals surface area contributed by atoms with E-state index in [0.717, 1.165) is 31.9 Å². The van der Waals surface area contributed by atoms with E-state index in [9.17, 15) is 16.8 Å². The van der Waals surface area contributed by atoms with Gasteiger partial charge >= 0.3 is 0 Å². The fourth-order valence-electron chi connectivity index (χ4n) is 6.65. The SMILES string of the molecule is C[Si]1(C)C2=C(c3ccccc31)S(=O)(=O)c1cc3c(cc12)S(=O)(=O)C1=C3[Si](C)(C)c2ccccc21. The molecule has 4 nitrogen and oxygen atoms in total. The minimum atomic E-state index is -3.75. The topological polar surface area (TPSA) is 68.3 Å². The average Bonchev–Trinajstić information content (AvgIpc) is 3.36. The molecule has 170 valence electrons. The van der Waals surface area contributed by atoms with E-state index in [2.05, 4.69) is 26.2 Å². The number of hydrogen-bond acceptors (Lipinski definition) is 4. The molecule has 0 fully saturated rings. The van der Waals surface area contributed by atoms with Crippen molar-refractivity contribution in [3.63, 3.8) is 0 Å². The molecule has 34 heavy (non-hydrogen) atoms. The van der Waals surface area contributed by atoms with Crippen molar-refractivity contribution in [2.45, 2.75) is 36.0 Å². The molecule has 8 heteroatoms. The molecule has 0 bridgehead atoms. The molecule has 0 saturated heterocycles. The highest BCUT2D eigenvalue weighted by molar-refractivity contribution is 8.02. The number of sulfone groups is 2. The molecule has 0 spiro atoms. The summed E-state index contributed by atoms with van der Waals surface area (Å²) >= 11 is 0. The van der Waals surface area contributed by atoms with Gasteiger partial charge in [0, 0.05) is 0 Å². The second-order valence-corrected chi connectivity index (χ2v) is 22.9. The molecule has 0 amide bonds. The molecule has 3 aromatic carbocycles. The van der Waals surface area contributed by atoms with Crippen molar-refractivity contribution >= 4 is 66.4 Å². The minimum absolute atomic E-state index is 0.274. The van der Waals surface area contributed by atoms with Crippen molar-refractivity contribution in [3.8, 4) is 0 Å². The van der Waals surface area contributed by atoms with Crippen LogP contribution in [0, 0.1) is 0 Å². The van der Waals surface area contributed by atoms with Gasteiger partial charge in [0.05, 0.1) is 19.6 Å². The maximum atomic E-state index is 14.0. The molecule has 0 saturated carbocycles. The van der Waals surface area contributed by atoms with Crippen LogP contribution in [0.2, 0.25) is 26.2 Å². The predicted octanol–water partition coefficient (Wildman–Crippen LogP) is 3.93. The standard InChI is InChI=1S/C26H22O4S2Si2/c1-33(2)21-11-7-5-9-15(21)23-25(33)17-13-20-18(14-19(17)31(23,27)28)26-24(32(20,29)30)16-10-6-8-12-22(16)34(26,3)4/h5-14H,1-4H3. The second kappa shape index (κ2) is 5.81. The summed E-state index contributed by atoms with van der Waals surface area (Å²) in [7, 11) is -12.1. The van der Waals surface area contributed by atoms with E-state index in [4.69, 9.17) is 0 Å². The molecule has 0 aliphatic carbocycles. The molecule has 7 rings (SSSR count). The van der Waals surface area contributed by atoms with E-state index in [1.807, 2.05) is 48.5 Å². The van der Waals surface area contributed by atoms with Crippen molar-refractivity contribution < 1.29 is 16.8 Å². The molecule has 3 aromatic rings. The third kappa shape index (κ3) is 2.07. The summed E-state index contributed by atoms with van der Waals surface area (Å²) < 4.78 is 55.8. The Morgan fingerprint density at radius 3 is 1.26 bits per heavy atom. The van der Waals surface area contributed by atoms with Gasteiger partial charge in [-0.1, -0.05) is 74.7 Å². The van der Waals surface area contributed by atoms with Gasteiger partial charge in [-0.25, -0.2) is 16.8 Å². The Kier molecular flexibility index (Phi) is 3.56. The smallest absolute Gasteiger partial charge is 0.207 e. The van der Waals surface area contributed by atoms with Gasteiger partial charge in [-0.3, -0.25) is 0 Å². The van der Waals surface area contributed by atoms with E-state index < -0.39 is 35.8 Å². The van der Waals surface area contributed by atoms with E-state index in [0.29, 0.717) is 20.9 Å². The van der Waals surface area contributed by atoms with Crippen LogP contribution in [0.1, 0.15) is 22.3 Å². The van der Waals surface area contributed by atoms with Crippen molar-refractivity contribution in [2.24, 2.45) is 0 Å². The van der Waals surface area contributed by atoms with Crippen LogP contribution >= 0.6 is 0 Å². The summed E-state index contributed by atoms with van der Waals surface area (Å²) in [6, 6.07) is 18.9. The zero-order chi connectivity index (χ0) is 24.0. The molecule has 0 N–H and O–H groups in total. The molecule has 0 unspecified atom stereocenters. The lowest BCUT2D eigenvalue weighted by Crippen LogP contribution is -2.41. The largest absolute Gasteiger partial charge is 0.218 e. The zero-order valence-electron chi connectivity index (χ0n) is 19.2. The number of rotatable bonds is 0. The maximum Gasteiger partial charge on any atom is 0.207 e. The fraction of sp³-hybridized carbons (Fsp3) is 0.154. The van der Waals surface area contributed by atoms with Gasteiger partial charge in [0.15, 0.2) is 0 Å². The fourth-order valence-corrected chi connectivity index (χ4v) is 19.4. The Morgan fingerprint density at radius 1 is 0.529 bits per heavy atom. The summed E-state index contributed by atoms with van der Waals surface area (Å²) in [6.45, 7) is 8.63. The Morgan fingerprint density at radius 2 is 0.882 bits per heavy atom. The van der Waals surface area contributed by atoms with Gasteiger partial charge in [0.25, 0.3) is 0 Å². The minimum Gasteiger partial charge on any atom is -0.218 e. The lowest BCUT2D eigenvalue weighted by atomic mass is 10.1. The number of fused-ring (bicyclic) bond motifs is 8. The summed E-state index contributed by atoms with van der Waals surface area (Å²) in [4.78, 5) is 1.35. The summed E-state index contributed by atoms with van der Waals surface area (Å²) in [6.07, 6.45) is 0. The van der Waals surface area contributed by atoms with Gasteiger partial charge in [0.1, 0.15) is 16.1 Å². The number of benzene rings is 3. The zero-order valence-corrected chi connectivity index (χ0v) is 22.9. The molecule has 4 aliphatic heterocycles. The first kappa shape index (κ1) is 20.8. The molecule has 0 aromatic heterocycles.